The van der Waals surface area contributed by atoms with Crippen molar-refractivity contribution in [3.05, 3.63) is 0 Å². The van der Waals surface area contributed by atoms with Gasteiger partial charge in [0.2, 0.25) is 5.91 Å². The summed E-state index contributed by atoms with van der Waals surface area (Å²) in [4.78, 5) is 16.9. The summed E-state index contributed by atoms with van der Waals surface area (Å²) in [5, 5.41) is 9.14. The molecule has 2 heterocycles. The SMILES string of the molecule is CC(C)N1CCCC2(CCCN2CCO)C1=O. The predicted octanol–water partition coefficient (Wildman–Crippen LogP) is 0.844. The summed E-state index contributed by atoms with van der Waals surface area (Å²) in [5.41, 5.74) is -0.286. The fourth-order valence-electron chi connectivity index (χ4n) is 3.42. The second kappa shape index (κ2) is 4.94. The van der Waals surface area contributed by atoms with Gasteiger partial charge in [0.25, 0.3) is 0 Å². The molecule has 1 spiro atoms. The molecule has 0 radical (unpaired) electrons. The lowest BCUT2D eigenvalue weighted by Crippen LogP contribution is -2.61. The smallest absolute Gasteiger partial charge is 0.243 e. The average Bonchev–Trinajstić information content (AvgIpc) is 2.67. The summed E-state index contributed by atoms with van der Waals surface area (Å²) >= 11 is 0. The Hall–Kier alpha value is -0.610. The number of nitrogens with zero attached hydrogens (tertiary/aromatic N) is 2. The highest BCUT2D eigenvalue weighted by Gasteiger charge is 2.50. The van der Waals surface area contributed by atoms with Crippen LogP contribution in [0.2, 0.25) is 0 Å². The molecule has 1 N–H and O–H groups in total. The van der Waals surface area contributed by atoms with Gasteiger partial charge in [0.15, 0.2) is 0 Å². The van der Waals surface area contributed by atoms with Crippen molar-refractivity contribution in [3.63, 3.8) is 0 Å². The second-order valence-electron chi connectivity index (χ2n) is 5.54. The first-order valence-corrected chi connectivity index (χ1v) is 6.79. The van der Waals surface area contributed by atoms with Gasteiger partial charge in [-0.15, -0.1) is 0 Å². The fraction of sp³-hybridized carbons (Fsp3) is 0.923. The van der Waals surface area contributed by atoms with Crippen molar-refractivity contribution in [1.29, 1.82) is 0 Å². The zero-order chi connectivity index (χ0) is 12.5. The lowest BCUT2D eigenvalue weighted by molar-refractivity contribution is -0.149. The molecule has 0 aromatic heterocycles. The lowest BCUT2D eigenvalue weighted by Gasteiger charge is -2.46. The van der Waals surface area contributed by atoms with Crippen LogP contribution in [0.1, 0.15) is 39.5 Å². The Balaban J connectivity index is 2.20. The van der Waals surface area contributed by atoms with Crippen molar-refractivity contribution < 1.29 is 9.90 Å². The van der Waals surface area contributed by atoms with Crippen LogP contribution in [0.4, 0.5) is 0 Å². The monoisotopic (exact) mass is 240 g/mol. The molecule has 1 atom stereocenters. The van der Waals surface area contributed by atoms with E-state index in [9.17, 15) is 4.79 Å². The number of carbonyl (C=O) groups excluding carboxylic acids is 1. The van der Waals surface area contributed by atoms with Crippen LogP contribution in [-0.2, 0) is 4.79 Å². The number of β-amino-alcohol motifs (C(OH)–C–C–N with tert-alkyl or cyclic N) is 1. The summed E-state index contributed by atoms with van der Waals surface area (Å²) in [6.45, 7) is 6.81. The number of rotatable bonds is 3. The Morgan fingerprint density at radius 1 is 1.29 bits per heavy atom. The molecule has 2 saturated heterocycles. The average molecular weight is 240 g/mol. The molecule has 0 aliphatic carbocycles. The van der Waals surface area contributed by atoms with E-state index in [0.29, 0.717) is 12.5 Å². The van der Waals surface area contributed by atoms with Crippen molar-refractivity contribution >= 4 is 5.91 Å². The number of aliphatic hydroxyl groups is 1. The van der Waals surface area contributed by atoms with E-state index in [-0.39, 0.29) is 18.2 Å². The molecule has 1 amide bonds. The maximum absolute atomic E-state index is 12.7. The summed E-state index contributed by atoms with van der Waals surface area (Å²) in [7, 11) is 0. The van der Waals surface area contributed by atoms with Crippen LogP contribution in [0.5, 0.6) is 0 Å². The van der Waals surface area contributed by atoms with Crippen LogP contribution in [0.25, 0.3) is 0 Å². The van der Waals surface area contributed by atoms with E-state index in [1.807, 2.05) is 4.90 Å². The Kier molecular flexibility index (Phi) is 3.73. The quantitative estimate of drug-likeness (QED) is 0.795. The molecule has 2 rings (SSSR count). The number of piperidine rings is 1. The Morgan fingerprint density at radius 3 is 2.53 bits per heavy atom. The van der Waals surface area contributed by atoms with Crippen molar-refractivity contribution in [1.82, 2.24) is 9.80 Å². The molecule has 2 fully saturated rings. The zero-order valence-corrected chi connectivity index (χ0v) is 11.0. The summed E-state index contributed by atoms with van der Waals surface area (Å²) in [6.07, 6.45) is 4.10. The van der Waals surface area contributed by atoms with E-state index in [2.05, 4.69) is 18.7 Å². The first kappa shape index (κ1) is 12.8. The first-order valence-electron chi connectivity index (χ1n) is 6.79. The third kappa shape index (κ3) is 2.08. The standard InChI is InChI=1S/C13H24N2O2/c1-11(2)15-8-4-6-13(12(15)17)5-3-7-14(13)9-10-16/h11,16H,3-10H2,1-2H3. The number of hydrogen-bond donors (Lipinski definition) is 1. The van der Waals surface area contributed by atoms with Crippen LogP contribution in [0.15, 0.2) is 0 Å². The Bertz CT molecular complexity index is 293. The van der Waals surface area contributed by atoms with Gasteiger partial charge in [-0.25, -0.2) is 0 Å². The van der Waals surface area contributed by atoms with Crippen molar-refractivity contribution in [2.24, 2.45) is 0 Å². The normalized spacial score (nSPS) is 30.8. The maximum Gasteiger partial charge on any atom is 0.243 e. The molecule has 0 bridgehead atoms. The number of likely N-dealkylation sites (tertiary alicyclic amines) is 2. The Labute approximate surface area is 104 Å². The van der Waals surface area contributed by atoms with Gasteiger partial charge in [-0.1, -0.05) is 0 Å². The summed E-state index contributed by atoms with van der Waals surface area (Å²) in [6, 6.07) is 0.288. The number of carbonyl (C=O) groups is 1. The predicted molar refractivity (Wildman–Crippen MR) is 66.7 cm³/mol. The van der Waals surface area contributed by atoms with Crippen molar-refractivity contribution in [2.45, 2.75) is 51.1 Å². The molecular formula is C13H24N2O2. The molecule has 17 heavy (non-hydrogen) atoms. The highest BCUT2D eigenvalue weighted by molar-refractivity contribution is 5.87. The highest BCUT2D eigenvalue weighted by Crippen LogP contribution is 2.38. The molecule has 98 valence electrons. The van der Waals surface area contributed by atoms with E-state index in [4.69, 9.17) is 5.11 Å². The number of hydrogen-bond acceptors (Lipinski definition) is 3. The van der Waals surface area contributed by atoms with Gasteiger partial charge in [0, 0.05) is 19.1 Å². The van der Waals surface area contributed by atoms with Gasteiger partial charge in [-0.05, 0) is 46.1 Å². The van der Waals surface area contributed by atoms with Crippen LogP contribution in [0, 0.1) is 0 Å². The Morgan fingerprint density at radius 2 is 1.94 bits per heavy atom. The lowest BCUT2D eigenvalue weighted by atomic mass is 9.85. The number of aliphatic hydroxyl groups excluding tert-OH is 1. The van der Waals surface area contributed by atoms with E-state index < -0.39 is 0 Å². The summed E-state index contributed by atoms with van der Waals surface area (Å²) in [5.74, 6) is 0.296. The third-order valence-electron chi connectivity index (χ3n) is 4.27. The van der Waals surface area contributed by atoms with Crippen LogP contribution in [0.3, 0.4) is 0 Å². The molecule has 4 nitrogen and oxygen atoms in total. The van der Waals surface area contributed by atoms with Gasteiger partial charge in [0.05, 0.1) is 6.61 Å². The molecule has 2 aliphatic rings. The van der Waals surface area contributed by atoms with E-state index in [1.54, 1.807) is 0 Å². The molecule has 4 heteroatoms. The van der Waals surface area contributed by atoms with Crippen LogP contribution >= 0.6 is 0 Å². The molecule has 0 saturated carbocycles. The molecular weight excluding hydrogens is 216 g/mol. The largest absolute Gasteiger partial charge is 0.395 e. The van der Waals surface area contributed by atoms with E-state index in [0.717, 1.165) is 38.8 Å². The van der Waals surface area contributed by atoms with Gasteiger partial charge >= 0.3 is 0 Å². The first-order chi connectivity index (χ1) is 8.12. The van der Waals surface area contributed by atoms with E-state index >= 15 is 0 Å². The number of amides is 1. The van der Waals surface area contributed by atoms with Gasteiger partial charge in [-0.2, -0.15) is 0 Å². The van der Waals surface area contributed by atoms with Gasteiger partial charge in [-0.3, -0.25) is 9.69 Å². The van der Waals surface area contributed by atoms with Gasteiger partial charge in [0.1, 0.15) is 5.54 Å². The maximum atomic E-state index is 12.7. The molecule has 2 aliphatic heterocycles. The highest BCUT2D eigenvalue weighted by atomic mass is 16.3. The topological polar surface area (TPSA) is 43.8 Å². The van der Waals surface area contributed by atoms with Crippen molar-refractivity contribution in [3.8, 4) is 0 Å². The van der Waals surface area contributed by atoms with E-state index in [1.165, 1.54) is 0 Å². The van der Waals surface area contributed by atoms with Crippen molar-refractivity contribution in [2.75, 3.05) is 26.2 Å². The minimum Gasteiger partial charge on any atom is -0.395 e. The fourth-order valence-corrected chi connectivity index (χ4v) is 3.42. The van der Waals surface area contributed by atoms with Crippen LogP contribution < -0.4 is 0 Å². The molecule has 1 unspecified atom stereocenters. The zero-order valence-electron chi connectivity index (χ0n) is 11.0. The second-order valence-corrected chi connectivity index (χ2v) is 5.54. The van der Waals surface area contributed by atoms with Gasteiger partial charge < -0.3 is 10.0 Å². The molecule has 0 aromatic rings. The van der Waals surface area contributed by atoms with Crippen LogP contribution in [-0.4, -0.2) is 58.6 Å². The molecule has 0 aromatic carbocycles. The minimum atomic E-state index is -0.286. The third-order valence-corrected chi connectivity index (χ3v) is 4.27. The minimum absolute atomic E-state index is 0.150. The summed E-state index contributed by atoms with van der Waals surface area (Å²) < 4.78 is 0.